The summed E-state index contributed by atoms with van der Waals surface area (Å²) in [5.41, 5.74) is 0.651. The SMILES string of the molecule is O=C(Nc1cc(Br)ccc1I)c1cc(O)ccc1O. The predicted octanol–water partition coefficient (Wildman–Crippen LogP) is 3.72. The van der Waals surface area contributed by atoms with Crippen molar-refractivity contribution in [2.45, 2.75) is 0 Å². The van der Waals surface area contributed by atoms with E-state index < -0.39 is 5.91 Å². The van der Waals surface area contributed by atoms with Gasteiger partial charge in [0.15, 0.2) is 0 Å². The number of rotatable bonds is 2. The molecule has 3 N–H and O–H groups in total. The molecule has 6 heteroatoms. The minimum atomic E-state index is -0.482. The van der Waals surface area contributed by atoms with Gasteiger partial charge in [0.2, 0.25) is 0 Å². The molecule has 0 radical (unpaired) electrons. The van der Waals surface area contributed by atoms with E-state index in [2.05, 4.69) is 43.8 Å². The highest BCUT2D eigenvalue weighted by Gasteiger charge is 2.13. The van der Waals surface area contributed by atoms with E-state index in [4.69, 9.17) is 0 Å². The molecule has 0 unspecified atom stereocenters. The van der Waals surface area contributed by atoms with E-state index in [9.17, 15) is 15.0 Å². The molecule has 0 aliphatic heterocycles. The molecule has 0 fully saturated rings. The van der Waals surface area contributed by atoms with Crippen molar-refractivity contribution in [1.82, 2.24) is 0 Å². The molecule has 19 heavy (non-hydrogen) atoms. The van der Waals surface area contributed by atoms with Crippen molar-refractivity contribution in [3.63, 3.8) is 0 Å². The van der Waals surface area contributed by atoms with Gasteiger partial charge in [-0.2, -0.15) is 0 Å². The highest BCUT2D eigenvalue weighted by molar-refractivity contribution is 14.1. The molecule has 0 aromatic heterocycles. The van der Waals surface area contributed by atoms with Crippen LogP contribution in [-0.2, 0) is 0 Å². The van der Waals surface area contributed by atoms with Crippen molar-refractivity contribution < 1.29 is 15.0 Å². The molecule has 2 aromatic carbocycles. The van der Waals surface area contributed by atoms with Crippen LogP contribution in [0.1, 0.15) is 10.4 Å². The number of carbonyl (C=O) groups is 1. The third-order valence-corrected chi connectivity index (χ3v) is 3.84. The van der Waals surface area contributed by atoms with Gasteiger partial charge in [-0.05, 0) is 59.0 Å². The van der Waals surface area contributed by atoms with Gasteiger partial charge in [0.05, 0.1) is 11.3 Å². The van der Waals surface area contributed by atoms with Gasteiger partial charge >= 0.3 is 0 Å². The van der Waals surface area contributed by atoms with Crippen LogP contribution in [0.5, 0.6) is 11.5 Å². The topological polar surface area (TPSA) is 69.6 Å². The van der Waals surface area contributed by atoms with Gasteiger partial charge in [-0.25, -0.2) is 0 Å². The normalized spacial score (nSPS) is 10.2. The first-order valence-electron chi connectivity index (χ1n) is 5.26. The summed E-state index contributed by atoms with van der Waals surface area (Å²) in [6, 6.07) is 9.28. The van der Waals surface area contributed by atoms with Crippen molar-refractivity contribution in [1.29, 1.82) is 0 Å². The Morgan fingerprint density at radius 2 is 1.89 bits per heavy atom. The summed E-state index contributed by atoms with van der Waals surface area (Å²) in [6.45, 7) is 0. The molecule has 0 saturated carbocycles. The van der Waals surface area contributed by atoms with Gasteiger partial charge in [0, 0.05) is 8.04 Å². The molecule has 2 aromatic rings. The number of hydrogen-bond donors (Lipinski definition) is 3. The van der Waals surface area contributed by atoms with Crippen molar-refractivity contribution in [3.05, 3.63) is 50.0 Å². The molecular weight excluding hydrogens is 425 g/mol. The monoisotopic (exact) mass is 433 g/mol. The second-order valence-corrected chi connectivity index (χ2v) is 5.86. The summed E-state index contributed by atoms with van der Waals surface area (Å²) >= 11 is 5.42. The van der Waals surface area contributed by atoms with E-state index in [1.54, 1.807) is 6.07 Å². The lowest BCUT2D eigenvalue weighted by molar-refractivity contribution is 0.102. The number of halogens is 2. The molecule has 0 aliphatic rings. The van der Waals surface area contributed by atoms with Crippen molar-refractivity contribution >= 4 is 50.1 Å². The van der Waals surface area contributed by atoms with Crippen LogP contribution in [0.2, 0.25) is 0 Å². The molecule has 0 spiro atoms. The first-order valence-corrected chi connectivity index (χ1v) is 7.13. The summed E-state index contributed by atoms with van der Waals surface area (Å²) in [5.74, 6) is -0.739. The molecule has 0 aliphatic carbocycles. The molecule has 0 bridgehead atoms. The number of hydrogen-bond acceptors (Lipinski definition) is 3. The number of anilines is 1. The van der Waals surface area contributed by atoms with Crippen LogP contribution in [0.4, 0.5) is 5.69 Å². The molecule has 2 rings (SSSR count). The van der Waals surface area contributed by atoms with Crippen LogP contribution in [0.3, 0.4) is 0 Å². The van der Waals surface area contributed by atoms with Crippen LogP contribution >= 0.6 is 38.5 Å². The maximum atomic E-state index is 12.0. The van der Waals surface area contributed by atoms with Crippen LogP contribution in [0.15, 0.2) is 40.9 Å². The smallest absolute Gasteiger partial charge is 0.259 e. The maximum Gasteiger partial charge on any atom is 0.259 e. The first-order chi connectivity index (χ1) is 8.97. The second kappa shape index (κ2) is 5.79. The third kappa shape index (κ3) is 3.38. The van der Waals surface area contributed by atoms with Gasteiger partial charge in [-0.15, -0.1) is 0 Å². The number of aromatic hydroxyl groups is 2. The maximum absolute atomic E-state index is 12.0. The second-order valence-electron chi connectivity index (χ2n) is 3.78. The number of benzene rings is 2. The average molecular weight is 434 g/mol. The van der Waals surface area contributed by atoms with Gasteiger partial charge in [-0.3, -0.25) is 4.79 Å². The quantitative estimate of drug-likeness (QED) is 0.499. The highest BCUT2D eigenvalue weighted by Crippen LogP contribution is 2.26. The molecule has 0 heterocycles. The Bertz CT molecular complexity index is 646. The lowest BCUT2D eigenvalue weighted by Crippen LogP contribution is -2.13. The highest BCUT2D eigenvalue weighted by atomic mass is 127. The fraction of sp³-hybridized carbons (Fsp3) is 0. The predicted molar refractivity (Wildman–Crippen MR) is 84.6 cm³/mol. The van der Waals surface area contributed by atoms with Crippen LogP contribution in [-0.4, -0.2) is 16.1 Å². The van der Waals surface area contributed by atoms with Crippen molar-refractivity contribution in [2.75, 3.05) is 5.32 Å². The van der Waals surface area contributed by atoms with E-state index in [1.807, 2.05) is 12.1 Å². The molecule has 0 atom stereocenters. The Hall–Kier alpha value is -1.28. The van der Waals surface area contributed by atoms with Crippen LogP contribution in [0, 0.1) is 3.57 Å². The Morgan fingerprint density at radius 1 is 1.16 bits per heavy atom. The molecule has 1 amide bonds. The van der Waals surface area contributed by atoms with Gasteiger partial charge in [0.1, 0.15) is 11.5 Å². The number of phenolic OH excluding ortho intramolecular Hbond substituents is 2. The first kappa shape index (κ1) is 14.1. The van der Waals surface area contributed by atoms with E-state index in [1.165, 1.54) is 18.2 Å². The minimum absolute atomic E-state index is 0.0239. The zero-order valence-corrected chi connectivity index (χ0v) is 13.3. The number of phenols is 2. The van der Waals surface area contributed by atoms with E-state index >= 15 is 0 Å². The molecular formula is C13H9BrINO3. The van der Waals surface area contributed by atoms with Crippen LogP contribution < -0.4 is 5.32 Å². The summed E-state index contributed by atoms with van der Waals surface area (Å²) in [5, 5.41) is 21.7. The number of carbonyl (C=O) groups excluding carboxylic acids is 1. The van der Waals surface area contributed by atoms with Crippen LogP contribution in [0.25, 0.3) is 0 Å². The third-order valence-electron chi connectivity index (χ3n) is 2.40. The summed E-state index contributed by atoms with van der Waals surface area (Å²) in [7, 11) is 0. The Morgan fingerprint density at radius 3 is 2.63 bits per heavy atom. The average Bonchev–Trinajstić information content (AvgIpc) is 2.36. The standard InChI is InChI=1S/C13H9BrINO3/c14-7-1-3-10(15)11(5-7)16-13(19)9-6-8(17)2-4-12(9)18/h1-6,17-18H,(H,16,19). The van der Waals surface area contributed by atoms with Gasteiger partial charge in [0.25, 0.3) is 5.91 Å². The summed E-state index contributed by atoms with van der Waals surface area (Å²) in [6.07, 6.45) is 0. The van der Waals surface area contributed by atoms with Crippen molar-refractivity contribution in [3.8, 4) is 11.5 Å². The van der Waals surface area contributed by atoms with E-state index in [-0.39, 0.29) is 17.1 Å². The van der Waals surface area contributed by atoms with E-state index in [0.29, 0.717) is 5.69 Å². The lowest BCUT2D eigenvalue weighted by Gasteiger charge is -2.09. The lowest BCUT2D eigenvalue weighted by atomic mass is 10.1. The fourth-order valence-electron chi connectivity index (χ4n) is 1.49. The fourth-order valence-corrected chi connectivity index (χ4v) is 2.32. The van der Waals surface area contributed by atoms with E-state index in [0.717, 1.165) is 8.04 Å². The summed E-state index contributed by atoms with van der Waals surface area (Å²) < 4.78 is 1.71. The van der Waals surface area contributed by atoms with Crippen molar-refractivity contribution in [2.24, 2.45) is 0 Å². The minimum Gasteiger partial charge on any atom is -0.508 e. The zero-order valence-electron chi connectivity index (χ0n) is 9.52. The number of nitrogens with one attached hydrogen (secondary N) is 1. The molecule has 4 nitrogen and oxygen atoms in total. The largest absolute Gasteiger partial charge is 0.508 e. The Kier molecular flexibility index (Phi) is 4.31. The molecule has 98 valence electrons. The molecule has 0 saturated heterocycles. The Balaban J connectivity index is 2.30. The van der Waals surface area contributed by atoms with Gasteiger partial charge < -0.3 is 15.5 Å². The number of amides is 1. The summed E-state index contributed by atoms with van der Waals surface area (Å²) in [4.78, 5) is 12.0. The Labute approximate surface area is 131 Å². The zero-order chi connectivity index (χ0) is 14.0. The van der Waals surface area contributed by atoms with Gasteiger partial charge in [-0.1, -0.05) is 15.9 Å².